The van der Waals surface area contributed by atoms with Crippen molar-refractivity contribution in [2.45, 2.75) is 25.9 Å². The van der Waals surface area contributed by atoms with E-state index < -0.39 is 17.9 Å². The third-order valence-electron chi connectivity index (χ3n) is 2.32. The molecule has 0 bridgehead atoms. The zero-order valence-corrected chi connectivity index (χ0v) is 9.79. The van der Waals surface area contributed by atoms with Crippen molar-refractivity contribution in [3.63, 3.8) is 0 Å². The van der Waals surface area contributed by atoms with Crippen LogP contribution in [0.2, 0.25) is 0 Å². The van der Waals surface area contributed by atoms with Crippen LogP contribution in [0.4, 0.5) is 18.0 Å². The second-order valence-corrected chi connectivity index (χ2v) is 3.67. The Balaban J connectivity index is 2.47. The molecule has 0 saturated heterocycles. The number of carbonyl (C=O) groups excluding carboxylic acids is 1. The molecule has 0 aliphatic heterocycles. The molecule has 2 heterocycles. The first kappa shape index (κ1) is 13.2. The normalized spacial score (nSPS) is 11.8. The lowest BCUT2D eigenvalue weighted by Crippen LogP contribution is -2.24. The van der Waals surface area contributed by atoms with Crippen LogP contribution in [0, 0.1) is 0 Å². The zero-order chi connectivity index (χ0) is 14.0. The van der Waals surface area contributed by atoms with Crippen molar-refractivity contribution in [2.24, 2.45) is 0 Å². The topological polar surface area (TPSA) is 78.5 Å². The number of alkyl halides is 3. The summed E-state index contributed by atoms with van der Waals surface area (Å²) in [5, 5.41) is 13.1. The van der Waals surface area contributed by atoms with Gasteiger partial charge in [-0.25, -0.2) is 4.79 Å². The summed E-state index contributed by atoms with van der Waals surface area (Å²) in [4.78, 5) is 11.9. The Morgan fingerprint density at radius 3 is 2.63 bits per heavy atom. The molecule has 0 spiro atoms. The van der Waals surface area contributed by atoms with Gasteiger partial charge in [0.2, 0.25) is 0 Å². The highest BCUT2D eigenvalue weighted by molar-refractivity contribution is 5.77. The largest absolute Gasteiger partial charge is 0.437 e. The number of nitrogens with zero attached hydrogens (tertiary/aromatic N) is 6. The molecule has 0 unspecified atom stereocenters. The molecule has 102 valence electrons. The van der Waals surface area contributed by atoms with Gasteiger partial charge in [-0.3, -0.25) is 0 Å². The van der Waals surface area contributed by atoms with Crippen LogP contribution in [0.15, 0.2) is 12.4 Å². The van der Waals surface area contributed by atoms with Crippen LogP contribution in [0.5, 0.6) is 0 Å². The lowest BCUT2D eigenvalue weighted by Gasteiger charge is -2.07. The summed E-state index contributed by atoms with van der Waals surface area (Å²) < 4.78 is 39.6. The quantitative estimate of drug-likeness (QED) is 0.826. The molecule has 19 heavy (non-hydrogen) atoms. The van der Waals surface area contributed by atoms with Crippen LogP contribution in [0.3, 0.4) is 0 Å². The van der Waals surface area contributed by atoms with Gasteiger partial charge in [-0.1, -0.05) is 23.8 Å². The highest BCUT2D eigenvalue weighted by atomic mass is 19.4. The fraction of sp³-hybridized carbons (Fsp3) is 0.444. The predicted molar refractivity (Wildman–Crippen MR) is 55.2 cm³/mol. The average molecular weight is 274 g/mol. The second kappa shape index (κ2) is 4.78. The lowest BCUT2D eigenvalue weighted by atomic mass is 10.2. The van der Waals surface area contributed by atoms with Crippen molar-refractivity contribution < 1.29 is 18.0 Å². The molecule has 10 heteroatoms. The standard InChI is InChI=1S/C9H9F3N6O/c1-2-3-6-7(9(10,11)12)14-16-18(6)8(19)17-5-4-13-15-17/h4-5H,2-3H2,1H3. The molecule has 2 aromatic rings. The van der Waals surface area contributed by atoms with Crippen LogP contribution in [-0.4, -0.2) is 36.0 Å². The lowest BCUT2D eigenvalue weighted by molar-refractivity contribution is -0.141. The summed E-state index contributed by atoms with van der Waals surface area (Å²) in [6.07, 6.45) is -1.75. The van der Waals surface area contributed by atoms with Gasteiger partial charge in [-0.2, -0.15) is 22.5 Å². The van der Waals surface area contributed by atoms with Crippen LogP contribution < -0.4 is 0 Å². The van der Waals surface area contributed by atoms with E-state index in [9.17, 15) is 18.0 Å². The minimum absolute atomic E-state index is 0.0300. The molecule has 0 atom stereocenters. The van der Waals surface area contributed by atoms with E-state index in [-0.39, 0.29) is 12.1 Å². The summed E-state index contributed by atoms with van der Waals surface area (Å²) >= 11 is 0. The number of hydrogen-bond donors (Lipinski definition) is 0. The number of halogens is 3. The fourth-order valence-corrected chi connectivity index (χ4v) is 1.54. The Labute approximate surface area is 105 Å². The molecule has 2 aromatic heterocycles. The smallest absolute Gasteiger partial charge is 0.243 e. The van der Waals surface area contributed by atoms with E-state index in [1.807, 2.05) is 0 Å². The molecule has 0 aliphatic carbocycles. The summed E-state index contributed by atoms with van der Waals surface area (Å²) in [5.41, 5.74) is -1.43. The van der Waals surface area contributed by atoms with Gasteiger partial charge in [0.25, 0.3) is 0 Å². The maximum atomic E-state index is 12.7. The van der Waals surface area contributed by atoms with Gasteiger partial charge in [-0.05, 0) is 6.42 Å². The van der Waals surface area contributed by atoms with Gasteiger partial charge in [0.1, 0.15) is 0 Å². The average Bonchev–Trinajstić information content (AvgIpc) is 2.96. The predicted octanol–water partition coefficient (Wildman–Crippen LogP) is 1.36. The fourth-order valence-electron chi connectivity index (χ4n) is 1.54. The van der Waals surface area contributed by atoms with E-state index in [1.54, 1.807) is 6.92 Å². The van der Waals surface area contributed by atoms with Crippen molar-refractivity contribution in [3.05, 3.63) is 23.8 Å². The molecule has 0 aliphatic rings. The van der Waals surface area contributed by atoms with Crippen molar-refractivity contribution in [2.75, 3.05) is 0 Å². The first-order valence-electron chi connectivity index (χ1n) is 5.38. The van der Waals surface area contributed by atoms with E-state index in [0.717, 1.165) is 4.68 Å². The summed E-state index contributed by atoms with van der Waals surface area (Å²) in [7, 11) is 0. The van der Waals surface area contributed by atoms with Gasteiger partial charge in [0.05, 0.1) is 18.1 Å². The van der Waals surface area contributed by atoms with Gasteiger partial charge >= 0.3 is 12.2 Å². The Bertz CT molecular complexity index is 573. The van der Waals surface area contributed by atoms with Crippen LogP contribution >= 0.6 is 0 Å². The third-order valence-corrected chi connectivity index (χ3v) is 2.32. The van der Waals surface area contributed by atoms with E-state index in [2.05, 4.69) is 20.6 Å². The van der Waals surface area contributed by atoms with E-state index in [1.165, 1.54) is 12.4 Å². The Morgan fingerprint density at radius 2 is 2.11 bits per heavy atom. The van der Waals surface area contributed by atoms with E-state index in [0.29, 0.717) is 11.1 Å². The Kier molecular flexibility index (Phi) is 3.32. The SMILES string of the molecule is CCCc1c(C(F)(F)F)nnn1C(=O)n1ccnn1. The monoisotopic (exact) mass is 274 g/mol. The highest BCUT2D eigenvalue weighted by Crippen LogP contribution is 2.30. The molecule has 0 fully saturated rings. The number of rotatable bonds is 2. The van der Waals surface area contributed by atoms with Crippen molar-refractivity contribution >= 4 is 6.03 Å². The maximum absolute atomic E-state index is 12.7. The van der Waals surface area contributed by atoms with Gasteiger partial charge in [0.15, 0.2) is 5.69 Å². The number of carbonyl (C=O) groups is 1. The molecular formula is C9H9F3N6O. The third kappa shape index (κ3) is 2.46. The molecule has 0 saturated carbocycles. The van der Waals surface area contributed by atoms with Crippen LogP contribution in [-0.2, 0) is 12.6 Å². The minimum atomic E-state index is -4.65. The highest BCUT2D eigenvalue weighted by Gasteiger charge is 2.39. The molecule has 7 nitrogen and oxygen atoms in total. The van der Waals surface area contributed by atoms with Crippen molar-refractivity contribution in [3.8, 4) is 0 Å². The van der Waals surface area contributed by atoms with E-state index in [4.69, 9.17) is 0 Å². The minimum Gasteiger partial charge on any atom is -0.243 e. The molecule has 2 rings (SSSR count). The van der Waals surface area contributed by atoms with Crippen LogP contribution in [0.1, 0.15) is 24.7 Å². The summed E-state index contributed by atoms with van der Waals surface area (Å²) in [5.74, 6) is 0. The van der Waals surface area contributed by atoms with Crippen molar-refractivity contribution in [1.82, 2.24) is 30.0 Å². The summed E-state index contributed by atoms with van der Waals surface area (Å²) in [6.45, 7) is 1.69. The molecule has 0 radical (unpaired) electrons. The van der Waals surface area contributed by atoms with E-state index >= 15 is 0 Å². The first-order chi connectivity index (χ1) is 8.95. The van der Waals surface area contributed by atoms with Gasteiger partial charge in [-0.15, -0.1) is 10.2 Å². The Hall–Kier alpha value is -2.26. The molecular weight excluding hydrogens is 265 g/mol. The second-order valence-electron chi connectivity index (χ2n) is 3.67. The first-order valence-corrected chi connectivity index (χ1v) is 5.38. The number of hydrogen-bond acceptors (Lipinski definition) is 5. The molecule has 0 amide bonds. The van der Waals surface area contributed by atoms with Gasteiger partial charge < -0.3 is 0 Å². The Morgan fingerprint density at radius 1 is 1.37 bits per heavy atom. The number of aromatic nitrogens is 6. The molecule has 0 N–H and O–H groups in total. The molecule has 0 aromatic carbocycles. The van der Waals surface area contributed by atoms with Crippen LogP contribution in [0.25, 0.3) is 0 Å². The van der Waals surface area contributed by atoms with Gasteiger partial charge in [0, 0.05) is 0 Å². The zero-order valence-electron chi connectivity index (χ0n) is 9.79. The summed E-state index contributed by atoms with van der Waals surface area (Å²) in [6, 6.07) is -0.857. The maximum Gasteiger partial charge on any atom is 0.437 e. The van der Waals surface area contributed by atoms with Crippen molar-refractivity contribution in [1.29, 1.82) is 0 Å².